The Labute approximate surface area is 124 Å². The van der Waals surface area contributed by atoms with Crippen LogP contribution >= 0.6 is 11.6 Å². The van der Waals surface area contributed by atoms with E-state index in [2.05, 4.69) is 10.3 Å². The minimum atomic E-state index is -0.442. The fourth-order valence-electron chi connectivity index (χ4n) is 1.90. The highest BCUT2D eigenvalue weighted by Gasteiger charge is 2.08. The predicted octanol–water partition coefficient (Wildman–Crippen LogP) is 3.50. The Hall–Kier alpha value is -2.73. The Bertz CT molecular complexity index is 799. The number of halogens is 1. The summed E-state index contributed by atoms with van der Waals surface area (Å²) in [5.41, 5.74) is 2.27. The number of nitro groups is 1. The van der Waals surface area contributed by atoms with Gasteiger partial charge in [0.15, 0.2) is 0 Å². The molecular weight excluding hydrogens is 292 g/mol. The zero-order valence-electron chi connectivity index (χ0n) is 10.7. The lowest BCUT2D eigenvalue weighted by molar-refractivity contribution is -0.384. The molecule has 0 amide bonds. The molecule has 1 aromatic heterocycles. The minimum Gasteiger partial charge on any atom is -0.258 e. The maximum atomic E-state index is 10.6. The topological polar surface area (TPSA) is 73.8 Å². The fraction of sp³-hybridized carbons (Fsp3) is 0. The zero-order chi connectivity index (χ0) is 14.8. The first-order valence-electron chi connectivity index (χ1n) is 6.06. The van der Waals surface area contributed by atoms with Crippen molar-refractivity contribution in [2.75, 3.05) is 0 Å². The zero-order valence-corrected chi connectivity index (χ0v) is 11.4. The van der Waals surface area contributed by atoms with Crippen LogP contribution in [0.4, 0.5) is 5.69 Å². The number of hydrogen-bond donors (Lipinski definition) is 0. The largest absolute Gasteiger partial charge is 0.269 e. The van der Waals surface area contributed by atoms with Crippen molar-refractivity contribution < 1.29 is 4.92 Å². The van der Waals surface area contributed by atoms with Crippen molar-refractivity contribution in [1.29, 1.82) is 0 Å². The molecule has 0 aliphatic heterocycles. The molecule has 3 rings (SSSR count). The van der Waals surface area contributed by atoms with Gasteiger partial charge in [0.1, 0.15) is 5.69 Å². The van der Waals surface area contributed by atoms with Crippen LogP contribution in [0.5, 0.6) is 0 Å². The molecule has 0 unspecified atom stereocenters. The van der Waals surface area contributed by atoms with E-state index in [0.29, 0.717) is 16.4 Å². The summed E-state index contributed by atoms with van der Waals surface area (Å²) in [6, 6.07) is 13.4. The lowest BCUT2D eigenvalue weighted by Crippen LogP contribution is -1.95. The van der Waals surface area contributed by atoms with Crippen LogP contribution in [0.3, 0.4) is 0 Å². The van der Waals surface area contributed by atoms with Gasteiger partial charge in [0.25, 0.3) is 5.69 Å². The van der Waals surface area contributed by atoms with Gasteiger partial charge < -0.3 is 0 Å². The summed E-state index contributed by atoms with van der Waals surface area (Å²) in [5, 5.41) is 19.4. The number of hydrogen-bond acceptors (Lipinski definition) is 4. The SMILES string of the molecule is O=[N+]([O-])c1ccc(-n2cc(-c3cccc(Cl)c3)nn2)cc1. The number of nitrogens with zero attached hydrogens (tertiary/aromatic N) is 4. The molecule has 0 aliphatic carbocycles. The van der Waals surface area contributed by atoms with Crippen LogP contribution in [0.25, 0.3) is 16.9 Å². The number of aromatic nitrogens is 3. The van der Waals surface area contributed by atoms with Crippen molar-refractivity contribution in [2.45, 2.75) is 0 Å². The summed E-state index contributed by atoms with van der Waals surface area (Å²) in [4.78, 5) is 10.2. The summed E-state index contributed by atoms with van der Waals surface area (Å²) >= 11 is 5.95. The van der Waals surface area contributed by atoms with E-state index in [1.807, 2.05) is 12.1 Å². The van der Waals surface area contributed by atoms with Crippen molar-refractivity contribution in [3.05, 3.63) is 69.9 Å². The third-order valence-corrected chi connectivity index (χ3v) is 3.17. The Morgan fingerprint density at radius 3 is 2.57 bits per heavy atom. The van der Waals surface area contributed by atoms with Crippen molar-refractivity contribution in [3.63, 3.8) is 0 Å². The van der Waals surface area contributed by atoms with Crippen LogP contribution in [0, 0.1) is 10.1 Å². The molecule has 0 N–H and O–H groups in total. The second kappa shape index (κ2) is 5.34. The molecular formula is C14H9ClN4O2. The second-order valence-corrected chi connectivity index (χ2v) is 4.77. The Balaban J connectivity index is 1.93. The van der Waals surface area contributed by atoms with Crippen LogP contribution in [0.1, 0.15) is 0 Å². The molecule has 0 saturated carbocycles. The van der Waals surface area contributed by atoms with Crippen molar-refractivity contribution in [1.82, 2.24) is 15.0 Å². The summed E-state index contributed by atoms with van der Waals surface area (Å²) in [6.45, 7) is 0. The van der Waals surface area contributed by atoms with E-state index in [4.69, 9.17) is 11.6 Å². The lowest BCUT2D eigenvalue weighted by atomic mass is 10.2. The fourth-order valence-corrected chi connectivity index (χ4v) is 2.09. The molecule has 1 heterocycles. The number of non-ortho nitro benzene ring substituents is 1. The maximum Gasteiger partial charge on any atom is 0.269 e. The Morgan fingerprint density at radius 1 is 1.14 bits per heavy atom. The second-order valence-electron chi connectivity index (χ2n) is 4.33. The van der Waals surface area contributed by atoms with Gasteiger partial charge in [-0.05, 0) is 24.3 Å². The van der Waals surface area contributed by atoms with Crippen LogP contribution in [0.15, 0.2) is 54.7 Å². The van der Waals surface area contributed by atoms with Crippen molar-refractivity contribution in [3.8, 4) is 16.9 Å². The minimum absolute atomic E-state index is 0.0360. The first-order chi connectivity index (χ1) is 10.1. The summed E-state index contributed by atoms with van der Waals surface area (Å²) in [5.74, 6) is 0. The maximum absolute atomic E-state index is 10.6. The monoisotopic (exact) mass is 300 g/mol. The Morgan fingerprint density at radius 2 is 1.90 bits per heavy atom. The van der Waals surface area contributed by atoms with Gasteiger partial charge in [-0.25, -0.2) is 4.68 Å². The quantitative estimate of drug-likeness (QED) is 0.548. The van der Waals surface area contributed by atoms with Gasteiger partial charge >= 0.3 is 0 Å². The van der Waals surface area contributed by atoms with Gasteiger partial charge in [-0.2, -0.15) is 0 Å². The average Bonchev–Trinajstić information content (AvgIpc) is 2.97. The van der Waals surface area contributed by atoms with Gasteiger partial charge in [-0.15, -0.1) is 5.10 Å². The average molecular weight is 301 g/mol. The molecule has 3 aromatic rings. The number of nitro benzene ring substituents is 1. The molecule has 6 nitrogen and oxygen atoms in total. The molecule has 0 bridgehead atoms. The summed E-state index contributed by atoms with van der Waals surface area (Å²) in [7, 11) is 0. The summed E-state index contributed by atoms with van der Waals surface area (Å²) < 4.78 is 1.56. The van der Waals surface area contributed by atoms with Crippen molar-refractivity contribution >= 4 is 17.3 Å². The third kappa shape index (κ3) is 2.75. The third-order valence-electron chi connectivity index (χ3n) is 2.94. The summed E-state index contributed by atoms with van der Waals surface area (Å²) in [6.07, 6.45) is 1.74. The molecule has 7 heteroatoms. The van der Waals surface area contributed by atoms with E-state index in [-0.39, 0.29) is 5.69 Å². The van der Waals surface area contributed by atoms with E-state index in [0.717, 1.165) is 5.56 Å². The van der Waals surface area contributed by atoms with E-state index in [1.54, 1.807) is 35.1 Å². The highest BCUT2D eigenvalue weighted by molar-refractivity contribution is 6.30. The normalized spacial score (nSPS) is 10.5. The molecule has 104 valence electrons. The lowest BCUT2D eigenvalue weighted by Gasteiger charge is -1.99. The van der Waals surface area contributed by atoms with Gasteiger partial charge in [0, 0.05) is 22.7 Å². The highest BCUT2D eigenvalue weighted by Crippen LogP contribution is 2.21. The highest BCUT2D eigenvalue weighted by atomic mass is 35.5. The molecule has 2 aromatic carbocycles. The number of rotatable bonds is 3. The molecule has 0 fully saturated rings. The predicted molar refractivity (Wildman–Crippen MR) is 78.5 cm³/mol. The van der Waals surface area contributed by atoms with Gasteiger partial charge in [-0.3, -0.25) is 10.1 Å². The van der Waals surface area contributed by atoms with Gasteiger partial charge in [0.05, 0.1) is 16.8 Å². The van der Waals surface area contributed by atoms with Crippen LogP contribution in [-0.4, -0.2) is 19.9 Å². The van der Waals surface area contributed by atoms with E-state index >= 15 is 0 Å². The molecule has 0 saturated heterocycles. The number of benzene rings is 2. The van der Waals surface area contributed by atoms with Gasteiger partial charge in [-0.1, -0.05) is 28.9 Å². The van der Waals surface area contributed by atoms with Crippen molar-refractivity contribution in [2.24, 2.45) is 0 Å². The molecule has 21 heavy (non-hydrogen) atoms. The van der Waals surface area contributed by atoms with E-state index in [9.17, 15) is 10.1 Å². The first kappa shape index (κ1) is 13.3. The van der Waals surface area contributed by atoms with E-state index in [1.165, 1.54) is 12.1 Å². The molecule has 0 spiro atoms. The van der Waals surface area contributed by atoms with Crippen LogP contribution in [0.2, 0.25) is 5.02 Å². The van der Waals surface area contributed by atoms with E-state index < -0.39 is 4.92 Å². The first-order valence-corrected chi connectivity index (χ1v) is 6.44. The van der Waals surface area contributed by atoms with Crippen LogP contribution < -0.4 is 0 Å². The molecule has 0 atom stereocenters. The molecule has 0 aliphatic rings. The smallest absolute Gasteiger partial charge is 0.258 e. The molecule has 0 radical (unpaired) electrons. The Kier molecular flexibility index (Phi) is 3.37. The van der Waals surface area contributed by atoms with Gasteiger partial charge in [0.2, 0.25) is 0 Å². The standard InChI is InChI=1S/C14H9ClN4O2/c15-11-3-1-2-10(8-11)14-9-18(17-16-14)12-4-6-13(7-5-12)19(20)21/h1-9H. The van der Waals surface area contributed by atoms with Crippen LogP contribution in [-0.2, 0) is 0 Å².